The van der Waals surface area contributed by atoms with E-state index in [0.29, 0.717) is 27.8 Å². The number of carbonyl (C=O) groups is 2. The second-order valence-electron chi connectivity index (χ2n) is 7.71. The lowest BCUT2D eigenvalue weighted by Gasteiger charge is -2.13. The van der Waals surface area contributed by atoms with Gasteiger partial charge in [-0.3, -0.25) is 9.59 Å². The fraction of sp³-hybridized carbons (Fsp3) is 0.120. The molecule has 3 aromatic carbocycles. The molecule has 33 heavy (non-hydrogen) atoms. The predicted molar refractivity (Wildman–Crippen MR) is 130 cm³/mol. The van der Waals surface area contributed by atoms with Gasteiger partial charge >= 0.3 is 6.03 Å². The largest absolute Gasteiger partial charge is 0.323 e. The Morgan fingerprint density at radius 3 is 1.85 bits per heavy atom. The number of aromatic nitrogens is 2. The third-order valence-electron chi connectivity index (χ3n) is 4.96. The minimum absolute atomic E-state index is 0.170. The van der Waals surface area contributed by atoms with Crippen LogP contribution in [0.5, 0.6) is 0 Å². The zero-order valence-electron chi connectivity index (χ0n) is 18.2. The Balaban J connectivity index is 1.50. The summed E-state index contributed by atoms with van der Waals surface area (Å²) < 4.78 is 1.32. The summed E-state index contributed by atoms with van der Waals surface area (Å²) in [5.41, 5.74) is 1.71. The van der Waals surface area contributed by atoms with Crippen LogP contribution in [0.2, 0.25) is 0 Å². The number of anilines is 3. The molecular formula is C25H23N5O3. The number of urea groups is 1. The van der Waals surface area contributed by atoms with Gasteiger partial charge in [0.05, 0.1) is 11.4 Å². The zero-order chi connectivity index (χ0) is 23.4. The SMILES string of the molecule is CC(C)n1nc(C(=O)Nc2ccc(NC(=O)Nc3ccccc3)cc2)c2ccccc2c1=O. The summed E-state index contributed by atoms with van der Waals surface area (Å²) >= 11 is 0. The van der Waals surface area contributed by atoms with Gasteiger partial charge in [0, 0.05) is 22.4 Å². The molecule has 0 radical (unpaired) electrons. The Labute approximate surface area is 190 Å². The summed E-state index contributed by atoms with van der Waals surface area (Å²) in [4.78, 5) is 37.8. The predicted octanol–water partition coefficient (Wildman–Crippen LogP) is 4.87. The number of hydrogen-bond acceptors (Lipinski definition) is 4. The summed E-state index contributed by atoms with van der Waals surface area (Å²) in [6, 6.07) is 22.2. The van der Waals surface area contributed by atoms with Crippen LogP contribution in [-0.4, -0.2) is 21.7 Å². The number of para-hydroxylation sites is 1. The van der Waals surface area contributed by atoms with Crippen LogP contribution in [0.3, 0.4) is 0 Å². The molecule has 0 fully saturated rings. The first-order chi connectivity index (χ1) is 15.9. The van der Waals surface area contributed by atoms with Gasteiger partial charge < -0.3 is 16.0 Å². The molecule has 0 bridgehead atoms. The van der Waals surface area contributed by atoms with Gasteiger partial charge in [-0.1, -0.05) is 36.4 Å². The lowest BCUT2D eigenvalue weighted by atomic mass is 10.1. The van der Waals surface area contributed by atoms with Crippen LogP contribution in [0.4, 0.5) is 21.9 Å². The van der Waals surface area contributed by atoms with Crippen molar-refractivity contribution in [3.05, 3.63) is 94.9 Å². The lowest BCUT2D eigenvalue weighted by molar-refractivity contribution is 0.102. The van der Waals surface area contributed by atoms with Crippen molar-refractivity contribution in [1.29, 1.82) is 0 Å². The van der Waals surface area contributed by atoms with E-state index in [1.807, 2.05) is 32.0 Å². The summed E-state index contributed by atoms with van der Waals surface area (Å²) in [7, 11) is 0. The summed E-state index contributed by atoms with van der Waals surface area (Å²) in [5.74, 6) is -0.428. The maximum Gasteiger partial charge on any atom is 0.323 e. The quantitative estimate of drug-likeness (QED) is 0.411. The van der Waals surface area contributed by atoms with Crippen molar-refractivity contribution in [1.82, 2.24) is 9.78 Å². The van der Waals surface area contributed by atoms with Crippen LogP contribution in [-0.2, 0) is 0 Å². The average molecular weight is 441 g/mol. The fourth-order valence-electron chi connectivity index (χ4n) is 3.37. The van der Waals surface area contributed by atoms with E-state index in [0.717, 1.165) is 0 Å². The molecule has 4 aromatic rings. The van der Waals surface area contributed by atoms with Crippen LogP contribution in [0, 0.1) is 0 Å². The molecule has 3 N–H and O–H groups in total. The minimum Gasteiger partial charge on any atom is -0.321 e. The number of amides is 3. The van der Waals surface area contributed by atoms with Crippen molar-refractivity contribution < 1.29 is 9.59 Å². The molecule has 166 valence electrons. The van der Waals surface area contributed by atoms with E-state index in [9.17, 15) is 14.4 Å². The number of nitrogens with zero attached hydrogens (tertiary/aromatic N) is 2. The van der Waals surface area contributed by atoms with E-state index < -0.39 is 5.91 Å². The van der Waals surface area contributed by atoms with Crippen LogP contribution >= 0.6 is 0 Å². The number of fused-ring (bicyclic) bond motifs is 1. The first-order valence-electron chi connectivity index (χ1n) is 10.5. The molecule has 1 aromatic heterocycles. The minimum atomic E-state index is -0.428. The highest BCUT2D eigenvalue weighted by atomic mass is 16.2. The van der Waals surface area contributed by atoms with Crippen LogP contribution < -0.4 is 21.5 Å². The number of carbonyl (C=O) groups excluding carboxylic acids is 2. The van der Waals surface area contributed by atoms with Gasteiger partial charge in [-0.25, -0.2) is 9.48 Å². The molecule has 4 rings (SSSR count). The second kappa shape index (κ2) is 9.35. The van der Waals surface area contributed by atoms with Gasteiger partial charge in [-0.15, -0.1) is 0 Å². The Morgan fingerprint density at radius 2 is 1.24 bits per heavy atom. The van der Waals surface area contributed by atoms with Crippen molar-refractivity contribution >= 4 is 39.8 Å². The van der Waals surface area contributed by atoms with Gasteiger partial charge in [0.2, 0.25) is 0 Å². The van der Waals surface area contributed by atoms with E-state index in [-0.39, 0.29) is 23.3 Å². The van der Waals surface area contributed by atoms with Crippen molar-refractivity contribution in [2.45, 2.75) is 19.9 Å². The Hall–Kier alpha value is -4.46. The van der Waals surface area contributed by atoms with Gasteiger partial charge in [-0.2, -0.15) is 5.10 Å². The highest BCUT2D eigenvalue weighted by molar-refractivity contribution is 6.11. The molecule has 0 saturated heterocycles. The highest BCUT2D eigenvalue weighted by Gasteiger charge is 2.18. The van der Waals surface area contributed by atoms with Gasteiger partial charge in [-0.05, 0) is 56.3 Å². The first kappa shape index (κ1) is 21.8. The molecular weight excluding hydrogens is 418 g/mol. The standard InChI is InChI=1S/C25H23N5O3/c1-16(2)30-24(32)21-11-7-6-10-20(21)22(29-30)23(31)26-18-12-14-19(15-13-18)28-25(33)27-17-8-4-3-5-9-17/h3-16H,1-2H3,(H,26,31)(H2,27,28,33). The van der Waals surface area contributed by atoms with Crippen LogP contribution in [0.25, 0.3) is 10.8 Å². The fourth-order valence-corrected chi connectivity index (χ4v) is 3.37. The molecule has 8 heteroatoms. The summed E-state index contributed by atoms with van der Waals surface area (Å²) in [6.07, 6.45) is 0. The van der Waals surface area contributed by atoms with Crippen molar-refractivity contribution in [2.24, 2.45) is 0 Å². The van der Waals surface area contributed by atoms with E-state index in [1.165, 1.54) is 4.68 Å². The lowest BCUT2D eigenvalue weighted by Crippen LogP contribution is -2.28. The van der Waals surface area contributed by atoms with E-state index in [4.69, 9.17) is 0 Å². The highest BCUT2D eigenvalue weighted by Crippen LogP contribution is 2.18. The zero-order valence-corrected chi connectivity index (χ0v) is 18.2. The maximum atomic E-state index is 13.0. The monoisotopic (exact) mass is 441 g/mol. The third kappa shape index (κ3) is 4.90. The number of rotatable bonds is 5. The van der Waals surface area contributed by atoms with Crippen LogP contribution in [0.1, 0.15) is 30.4 Å². The average Bonchev–Trinajstić information content (AvgIpc) is 2.81. The maximum absolute atomic E-state index is 13.0. The number of nitrogens with one attached hydrogen (secondary N) is 3. The Morgan fingerprint density at radius 1 is 0.727 bits per heavy atom. The van der Waals surface area contributed by atoms with E-state index >= 15 is 0 Å². The molecule has 3 amide bonds. The molecule has 0 unspecified atom stereocenters. The van der Waals surface area contributed by atoms with Gasteiger partial charge in [0.25, 0.3) is 11.5 Å². The molecule has 8 nitrogen and oxygen atoms in total. The van der Waals surface area contributed by atoms with Crippen molar-refractivity contribution in [2.75, 3.05) is 16.0 Å². The smallest absolute Gasteiger partial charge is 0.321 e. The van der Waals surface area contributed by atoms with Gasteiger partial charge in [0.1, 0.15) is 0 Å². The molecule has 0 aliphatic rings. The number of hydrogen-bond donors (Lipinski definition) is 3. The Kier molecular flexibility index (Phi) is 6.17. The summed E-state index contributed by atoms with van der Waals surface area (Å²) in [6.45, 7) is 3.68. The first-order valence-corrected chi connectivity index (χ1v) is 10.5. The van der Waals surface area contributed by atoms with Crippen molar-refractivity contribution in [3.63, 3.8) is 0 Å². The third-order valence-corrected chi connectivity index (χ3v) is 4.96. The van der Waals surface area contributed by atoms with E-state index in [2.05, 4.69) is 21.0 Å². The summed E-state index contributed by atoms with van der Waals surface area (Å²) in [5, 5.41) is 13.5. The molecule has 0 aliphatic heterocycles. The van der Waals surface area contributed by atoms with Gasteiger partial charge in [0.15, 0.2) is 5.69 Å². The topological polar surface area (TPSA) is 105 Å². The molecule has 0 saturated carbocycles. The van der Waals surface area contributed by atoms with E-state index in [1.54, 1.807) is 60.7 Å². The normalized spacial score (nSPS) is 10.8. The number of benzene rings is 3. The van der Waals surface area contributed by atoms with Crippen LogP contribution in [0.15, 0.2) is 83.7 Å². The molecule has 0 aliphatic carbocycles. The second-order valence-corrected chi connectivity index (χ2v) is 7.71. The van der Waals surface area contributed by atoms with Crippen molar-refractivity contribution in [3.8, 4) is 0 Å². The molecule has 0 spiro atoms. The Bertz CT molecular complexity index is 1360. The molecule has 1 heterocycles. The molecule has 0 atom stereocenters.